The Kier molecular flexibility index (Phi) is 3.26. The van der Waals surface area contributed by atoms with Gasteiger partial charge in [-0.3, -0.25) is 4.79 Å². The molecule has 0 amide bonds. The Bertz CT molecular complexity index is 342. The van der Waals surface area contributed by atoms with Crippen LogP contribution in [0.1, 0.15) is 22.3 Å². The maximum absolute atomic E-state index is 11.4. The molecular formula is C11H11ClO. The number of allylic oxidation sites excluding steroid dienone is 1. The number of ketones is 1. The first-order valence-electron chi connectivity index (χ1n) is 4.05. The third kappa shape index (κ3) is 2.43. The van der Waals surface area contributed by atoms with Gasteiger partial charge in [-0.15, -0.1) is 6.58 Å². The normalized spacial score (nSPS) is 9.69. The van der Waals surface area contributed by atoms with Gasteiger partial charge in [0.05, 0.1) is 5.02 Å². The van der Waals surface area contributed by atoms with Crippen LogP contribution in [0.25, 0.3) is 0 Å². The molecule has 0 heterocycles. The van der Waals surface area contributed by atoms with Gasteiger partial charge in [0, 0.05) is 12.0 Å². The lowest BCUT2D eigenvalue weighted by Crippen LogP contribution is -1.97. The molecule has 0 radical (unpaired) electrons. The number of halogens is 1. The van der Waals surface area contributed by atoms with E-state index in [1.165, 1.54) is 0 Å². The lowest BCUT2D eigenvalue weighted by atomic mass is 10.1. The molecule has 1 nitrogen and oxygen atoms in total. The third-order valence-corrected chi connectivity index (χ3v) is 2.07. The zero-order chi connectivity index (χ0) is 9.84. The fourth-order valence-electron chi connectivity index (χ4n) is 1.09. The first-order valence-corrected chi connectivity index (χ1v) is 4.43. The van der Waals surface area contributed by atoms with Crippen molar-refractivity contribution < 1.29 is 4.79 Å². The molecule has 0 spiro atoms. The molecule has 0 N–H and O–H groups in total. The van der Waals surface area contributed by atoms with Crippen LogP contribution in [0.2, 0.25) is 5.02 Å². The molecule has 68 valence electrons. The second-order valence-corrected chi connectivity index (χ2v) is 3.31. The molecule has 0 unspecified atom stereocenters. The van der Waals surface area contributed by atoms with E-state index in [-0.39, 0.29) is 5.78 Å². The van der Waals surface area contributed by atoms with E-state index in [2.05, 4.69) is 6.58 Å². The van der Waals surface area contributed by atoms with Crippen molar-refractivity contribution in [1.82, 2.24) is 0 Å². The lowest BCUT2D eigenvalue weighted by Gasteiger charge is -2.01. The highest BCUT2D eigenvalue weighted by Crippen LogP contribution is 2.18. The fraction of sp³-hybridized carbons (Fsp3) is 0.182. The van der Waals surface area contributed by atoms with E-state index >= 15 is 0 Å². The Morgan fingerprint density at radius 3 is 2.85 bits per heavy atom. The number of carbonyl (C=O) groups is 1. The van der Waals surface area contributed by atoms with E-state index in [0.717, 1.165) is 5.56 Å². The van der Waals surface area contributed by atoms with Gasteiger partial charge in [0.25, 0.3) is 0 Å². The van der Waals surface area contributed by atoms with Crippen LogP contribution in [-0.4, -0.2) is 5.78 Å². The molecule has 0 aliphatic heterocycles. The highest BCUT2D eigenvalue weighted by molar-refractivity contribution is 6.34. The zero-order valence-electron chi connectivity index (χ0n) is 7.51. The van der Waals surface area contributed by atoms with Gasteiger partial charge in [-0.05, 0) is 24.6 Å². The molecule has 0 aliphatic carbocycles. The highest BCUT2D eigenvalue weighted by Gasteiger charge is 2.07. The number of carbonyl (C=O) groups excluding carboxylic acids is 1. The van der Waals surface area contributed by atoms with Crippen molar-refractivity contribution in [3.05, 3.63) is 47.0 Å². The maximum atomic E-state index is 11.4. The molecule has 1 rings (SSSR count). The minimum atomic E-state index is 0.0139. The SMILES string of the molecule is C=CCC(=O)c1ccc(C)cc1Cl. The van der Waals surface area contributed by atoms with Gasteiger partial charge in [0.1, 0.15) is 0 Å². The number of benzene rings is 1. The first-order chi connectivity index (χ1) is 6.15. The van der Waals surface area contributed by atoms with Gasteiger partial charge in [-0.25, -0.2) is 0 Å². The fourth-order valence-corrected chi connectivity index (χ4v) is 1.43. The summed E-state index contributed by atoms with van der Waals surface area (Å²) in [7, 11) is 0. The highest BCUT2D eigenvalue weighted by atomic mass is 35.5. The van der Waals surface area contributed by atoms with Gasteiger partial charge in [-0.1, -0.05) is 23.7 Å². The number of Topliss-reactive ketones (excluding diaryl/α,β-unsaturated/α-hetero) is 1. The summed E-state index contributed by atoms with van der Waals surface area (Å²) in [5.74, 6) is 0.0139. The van der Waals surface area contributed by atoms with Crippen LogP contribution in [0.3, 0.4) is 0 Å². The van der Waals surface area contributed by atoms with Crippen LogP contribution in [0.15, 0.2) is 30.9 Å². The molecule has 1 aromatic rings. The lowest BCUT2D eigenvalue weighted by molar-refractivity contribution is 0.0996. The van der Waals surface area contributed by atoms with Crippen LogP contribution >= 0.6 is 11.6 Å². The third-order valence-electron chi connectivity index (χ3n) is 1.75. The summed E-state index contributed by atoms with van der Waals surface area (Å²) in [5.41, 5.74) is 1.63. The van der Waals surface area contributed by atoms with Crippen molar-refractivity contribution in [3.63, 3.8) is 0 Å². The Labute approximate surface area is 83.0 Å². The van der Waals surface area contributed by atoms with Gasteiger partial charge in [0.2, 0.25) is 0 Å². The van der Waals surface area contributed by atoms with Crippen molar-refractivity contribution in [2.24, 2.45) is 0 Å². The second kappa shape index (κ2) is 4.24. The Balaban J connectivity index is 3.01. The Morgan fingerprint density at radius 1 is 1.62 bits per heavy atom. The van der Waals surface area contributed by atoms with E-state index in [0.29, 0.717) is 17.0 Å². The second-order valence-electron chi connectivity index (χ2n) is 2.90. The molecule has 0 fully saturated rings. The average Bonchev–Trinajstić information content (AvgIpc) is 2.04. The van der Waals surface area contributed by atoms with Gasteiger partial charge >= 0.3 is 0 Å². The van der Waals surface area contributed by atoms with Crippen molar-refractivity contribution in [2.75, 3.05) is 0 Å². The topological polar surface area (TPSA) is 17.1 Å². The Hall–Kier alpha value is -1.08. The number of aryl methyl sites for hydroxylation is 1. The standard InChI is InChI=1S/C11H11ClO/c1-3-4-11(13)9-6-5-8(2)7-10(9)12/h3,5-7H,1,4H2,2H3. The molecule has 0 saturated carbocycles. The molecule has 0 aromatic heterocycles. The molecule has 0 atom stereocenters. The summed E-state index contributed by atoms with van der Waals surface area (Å²) in [6.45, 7) is 5.45. The van der Waals surface area contributed by atoms with E-state index in [1.807, 2.05) is 13.0 Å². The first kappa shape index (κ1) is 10.0. The predicted octanol–water partition coefficient (Wildman–Crippen LogP) is 3.41. The van der Waals surface area contributed by atoms with E-state index < -0.39 is 0 Å². The number of rotatable bonds is 3. The largest absolute Gasteiger partial charge is 0.294 e. The molecule has 13 heavy (non-hydrogen) atoms. The minimum Gasteiger partial charge on any atom is -0.294 e. The molecular weight excluding hydrogens is 184 g/mol. The van der Waals surface area contributed by atoms with Crippen LogP contribution < -0.4 is 0 Å². The van der Waals surface area contributed by atoms with E-state index in [9.17, 15) is 4.79 Å². The van der Waals surface area contributed by atoms with Crippen LogP contribution in [0.4, 0.5) is 0 Å². The maximum Gasteiger partial charge on any atom is 0.168 e. The summed E-state index contributed by atoms with van der Waals surface area (Å²) >= 11 is 5.90. The predicted molar refractivity (Wildman–Crippen MR) is 55.3 cm³/mol. The van der Waals surface area contributed by atoms with E-state index in [1.54, 1.807) is 18.2 Å². The smallest absolute Gasteiger partial charge is 0.168 e. The van der Waals surface area contributed by atoms with Crippen LogP contribution in [0.5, 0.6) is 0 Å². The minimum absolute atomic E-state index is 0.0139. The summed E-state index contributed by atoms with van der Waals surface area (Å²) in [6, 6.07) is 5.42. The van der Waals surface area contributed by atoms with Crippen molar-refractivity contribution in [3.8, 4) is 0 Å². The van der Waals surface area contributed by atoms with Crippen molar-refractivity contribution >= 4 is 17.4 Å². The van der Waals surface area contributed by atoms with Crippen LogP contribution in [0, 0.1) is 6.92 Å². The quantitative estimate of drug-likeness (QED) is 0.533. The van der Waals surface area contributed by atoms with Gasteiger partial charge < -0.3 is 0 Å². The van der Waals surface area contributed by atoms with Gasteiger partial charge in [-0.2, -0.15) is 0 Å². The molecule has 0 saturated heterocycles. The summed E-state index contributed by atoms with van der Waals surface area (Å²) in [4.78, 5) is 11.4. The van der Waals surface area contributed by atoms with Crippen molar-refractivity contribution in [1.29, 1.82) is 0 Å². The average molecular weight is 195 g/mol. The molecule has 2 heteroatoms. The Morgan fingerprint density at radius 2 is 2.31 bits per heavy atom. The molecule has 0 aliphatic rings. The van der Waals surface area contributed by atoms with E-state index in [4.69, 9.17) is 11.6 Å². The zero-order valence-corrected chi connectivity index (χ0v) is 8.27. The number of hydrogen-bond acceptors (Lipinski definition) is 1. The summed E-state index contributed by atoms with van der Waals surface area (Å²) in [6.07, 6.45) is 1.92. The molecule has 1 aromatic carbocycles. The summed E-state index contributed by atoms with van der Waals surface area (Å²) in [5, 5.41) is 0.520. The number of hydrogen-bond donors (Lipinski definition) is 0. The summed E-state index contributed by atoms with van der Waals surface area (Å²) < 4.78 is 0. The monoisotopic (exact) mass is 194 g/mol. The van der Waals surface area contributed by atoms with Gasteiger partial charge in [0.15, 0.2) is 5.78 Å². The van der Waals surface area contributed by atoms with Crippen LogP contribution in [-0.2, 0) is 0 Å². The molecule has 0 bridgehead atoms. The van der Waals surface area contributed by atoms with Crippen molar-refractivity contribution in [2.45, 2.75) is 13.3 Å².